The van der Waals surface area contributed by atoms with Crippen molar-refractivity contribution in [3.05, 3.63) is 256 Å². The van der Waals surface area contributed by atoms with E-state index in [4.69, 9.17) is 71.2 Å². The third kappa shape index (κ3) is 40.5. The fourth-order valence-electron chi connectivity index (χ4n) is 13.4. The van der Waals surface area contributed by atoms with E-state index in [0.29, 0.717) is 208 Å². The summed E-state index contributed by atoms with van der Waals surface area (Å²) in [5.74, 6) is -1.72. The summed E-state index contributed by atoms with van der Waals surface area (Å²) in [6, 6.07) is 47.6. The molecule has 6 N–H and O–H groups in total. The maximum absolute atomic E-state index is 13.7. The molecular formula is C99H125F6N9O21S. The topological polar surface area (TPSA) is 346 Å². The van der Waals surface area contributed by atoms with E-state index >= 15 is 0 Å². The number of alkyl halides is 6. The summed E-state index contributed by atoms with van der Waals surface area (Å²) in [7, 11) is -3.82. The first-order chi connectivity index (χ1) is 65.8. The fourth-order valence-corrected chi connectivity index (χ4v) is 14.3. The van der Waals surface area contributed by atoms with E-state index in [1.54, 1.807) is 72.8 Å². The van der Waals surface area contributed by atoms with Crippen molar-refractivity contribution < 1.29 is 125 Å². The maximum Gasteiger partial charge on any atom is 0.416 e. The number of amides is 4. The number of benzene rings is 7. The number of hydrogen-bond acceptors (Lipinski definition) is 26. The highest BCUT2D eigenvalue weighted by Crippen LogP contribution is 2.36. The van der Waals surface area contributed by atoms with E-state index in [2.05, 4.69) is 41.0 Å². The van der Waals surface area contributed by atoms with Gasteiger partial charge in [-0.15, -0.1) is 0 Å². The first-order valence-corrected chi connectivity index (χ1v) is 46.5. The minimum atomic E-state index is -4.50. The predicted molar refractivity (Wildman–Crippen MR) is 503 cm³/mol. The standard InChI is InChI=1S/C51H61F3N4O11S.C48H64F3N5O10/c1-4-58(5-2)44-14-17-47(46(35-44)48-34-42(18-19-55-48)49(59)56-36-39-8-7-11-43(33-39)51(52,53)54)57-50(60)41-10-6-9-40(32-41)37-68-29-28-66-25-24-64-21-20-63-22-23-65-26-27-67-30-31-69-70(61,62)45-15-12-38(3)13-16-45;1-3-56(4-2)42-11-12-44(43(34-42)45-33-40(13-14-52-45)46(59)53-35-37-7-6-10-41(32-37)48(49,50)51)54-47(60)39-9-5-8-38(31-39)36-66-30-29-65-28-27-64-26-25-63-24-23-62-22-21-61-20-17-55(15-18-57)16-19-58/h6-19,32-35H,4-5,20-31,36-37H2,1-3H3,(H,56,59)(H,57,60);5-14,31-34,57-58H,3-4,15-30,35-36H2,1-2H3,(H,53,59)(H,54,60). The molecule has 0 aliphatic carbocycles. The zero-order chi connectivity index (χ0) is 97.6. The van der Waals surface area contributed by atoms with E-state index in [0.717, 1.165) is 78.5 Å². The highest BCUT2D eigenvalue weighted by molar-refractivity contribution is 7.86. The number of aliphatic hydroxyl groups is 2. The SMILES string of the molecule is CCN(CC)c1ccc(NC(=O)c2cccc(COCCOCCOCCOCCOCCOCCN(CCO)CCO)c2)c(-c2cc(C(=O)NCc3cccc(C(F)(F)F)c3)ccn2)c1.CCN(CC)c1ccc(NC(=O)c2cccc(COCCOCCOCCOCCOCCOCCOS(=O)(=O)c3ccc(C)cc3)c2)c(-c2cc(C(=O)NCc3cccc(C(F)(F)F)c3)ccn2)c1. The van der Waals surface area contributed by atoms with Gasteiger partial charge >= 0.3 is 12.4 Å². The summed E-state index contributed by atoms with van der Waals surface area (Å²) in [4.78, 5) is 69.2. The number of aryl methyl sites for hydroxylation is 1. The molecule has 0 spiro atoms. The molecule has 9 aromatic rings. The largest absolute Gasteiger partial charge is 0.416 e. The summed E-state index contributed by atoms with van der Waals surface area (Å²) in [5, 5.41) is 29.5. The Bertz CT molecular complexity index is 5150. The molecule has 4 amide bonds. The Hall–Kier alpha value is -10.8. The lowest BCUT2D eigenvalue weighted by Crippen LogP contribution is -2.33. The Morgan fingerprint density at radius 2 is 0.691 bits per heavy atom. The molecule has 0 aliphatic rings. The lowest BCUT2D eigenvalue weighted by molar-refractivity contribution is -0.138. The number of nitrogens with one attached hydrogen (secondary N) is 4. The number of rotatable bonds is 64. The fraction of sp³-hybridized carbons (Fsp3) is 0.434. The van der Waals surface area contributed by atoms with Crippen molar-refractivity contribution in [3.63, 3.8) is 0 Å². The van der Waals surface area contributed by atoms with Gasteiger partial charge in [-0.2, -0.15) is 34.8 Å². The van der Waals surface area contributed by atoms with Gasteiger partial charge in [0.1, 0.15) is 0 Å². The lowest BCUT2D eigenvalue weighted by atomic mass is 10.0. The molecule has 0 unspecified atom stereocenters. The third-order valence-corrected chi connectivity index (χ3v) is 21.9. The van der Waals surface area contributed by atoms with Crippen LogP contribution in [0.5, 0.6) is 0 Å². The molecule has 0 atom stereocenters. The molecule has 136 heavy (non-hydrogen) atoms. The second-order valence-electron chi connectivity index (χ2n) is 30.3. The summed E-state index contributed by atoms with van der Waals surface area (Å²) in [6.07, 6.45) is -6.05. The molecule has 9 rings (SSSR count). The van der Waals surface area contributed by atoms with Crippen LogP contribution in [0.3, 0.4) is 0 Å². The number of halogens is 6. The number of ether oxygens (including phenoxy) is 12. The molecule has 7 aromatic carbocycles. The van der Waals surface area contributed by atoms with Crippen molar-refractivity contribution in [2.45, 2.75) is 78.2 Å². The Morgan fingerprint density at radius 3 is 1.04 bits per heavy atom. The summed E-state index contributed by atoms with van der Waals surface area (Å²) in [6.45, 7) is 23.2. The molecule has 0 saturated carbocycles. The second-order valence-corrected chi connectivity index (χ2v) is 32.0. The molecule has 740 valence electrons. The zero-order valence-electron chi connectivity index (χ0n) is 77.5. The number of nitrogens with zero attached hydrogens (tertiary/aromatic N) is 5. The average Bonchev–Trinajstić information content (AvgIpc) is 0.800. The van der Waals surface area contributed by atoms with Crippen LogP contribution in [0, 0.1) is 6.92 Å². The van der Waals surface area contributed by atoms with Crippen LogP contribution in [0.2, 0.25) is 0 Å². The second kappa shape index (κ2) is 61.4. The average molecular weight is 1920 g/mol. The van der Waals surface area contributed by atoms with Gasteiger partial charge in [0.05, 0.1) is 217 Å². The van der Waals surface area contributed by atoms with Crippen LogP contribution in [0.15, 0.2) is 199 Å². The van der Waals surface area contributed by atoms with E-state index in [1.807, 2.05) is 75.9 Å². The molecular weight excluding hydrogens is 1800 g/mol. The van der Waals surface area contributed by atoms with Gasteiger partial charge in [-0.25, -0.2) is 0 Å². The highest BCUT2D eigenvalue weighted by atomic mass is 32.2. The van der Waals surface area contributed by atoms with E-state index in [-0.39, 0.29) is 87.2 Å². The van der Waals surface area contributed by atoms with Gasteiger partial charge in [0.25, 0.3) is 33.7 Å². The first kappa shape index (κ1) is 111. The number of pyridine rings is 2. The Kier molecular flexibility index (Phi) is 49.9. The molecule has 0 bridgehead atoms. The summed E-state index contributed by atoms with van der Waals surface area (Å²) in [5.41, 5.74) is 7.55. The number of carbonyl (C=O) groups is 4. The predicted octanol–water partition coefficient (Wildman–Crippen LogP) is 13.8. The van der Waals surface area contributed by atoms with Gasteiger partial charge < -0.3 is 98.1 Å². The summed E-state index contributed by atoms with van der Waals surface area (Å²) < 4.78 is 176. The maximum atomic E-state index is 13.7. The smallest absolute Gasteiger partial charge is 0.395 e. The number of anilines is 4. The van der Waals surface area contributed by atoms with E-state index in [9.17, 15) is 53.9 Å². The van der Waals surface area contributed by atoms with Crippen molar-refractivity contribution in [3.8, 4) is 22.5 Å². The van der Waals surface area contributed by atoms with Crippen LogP contribution in [0.4, 0.5) is 49.1 Å². The normalized spacial score (nSPS) is 11.6. The number of aliphatic hydroxyl groups excluding tert-OH is 2. The minimum Gasteiger partial charge on any atom is -0.395 e. The van der Waals surface area contributed by atoms with Crippen molar-refractivity contribution in [1.29, 1.82) is 0 Å². The van der Waals surface area contributed by atoms with Gasteiger partial charge in [0.2, 0.25) is 0 Å². The van der Waals surface area contributed by atoms with Gasteiger partial charge in [0.15, 0.2) is 0 Å². The third-order valence-electron chi connectivity index (χ3n) is 20.6. The van der Waals surface area contributed by atoms with Crippen LogP contribution in [0.1, 0.15) is 108 Å². The molecule has 2 aromatic heterocycles. The van der Waals surface area contributed by atoms with Gasteiger partial charge in [-0.3, -0.25) is 38.2 Å². The summed E-state index contributed by atoms with van der Waals surface area (Å²) >= 11 is 0. The van der Waals surface area contributed by atoms with Crippen LogP contribution in [-0.2, 0) is 110 Å². The van der Waals surface area contributed by atoms with Gasteiger partial charge in [-0.1, -0.05) is 66.2 Å². The molecule has 2 heterocycles. The van der Waals surface area contributed by atoms with Crippen LogP contribution >= 0.6 is 0 Å². The van der Waals surface area contributed by atoms with Crippen molar-refractivity contribution in [2.75, 3.05) is 231 Å². The van der Waals surface area contributed by atoms with Crippen LogP contribution in [-0.4, -0.2) is 268 Å². The van der Waals surface area contributed by atoms with E-state index in [1.165, 1.54) is 60.9 Å². The van der Waals surface area contributed by atoms with Crippen molar-refractivity contribution in [1.82, 2.24) is 25.5 Å². The highest BCUT2D eigenvalue weighted by Gasteiger charge is 2.32. The van der Waals surface area contributed by atoms with Crippen LogP contribution < -0.4 is 31.1 Å². The van der Waals surface area contributed by atoms with Crippen molar-refractivity contribution in [2.24, 2.45) is 0 Å². The Morgan fingerprint density at radius 1 is 0.360 bits per heavy atom. The van der Waals surface area contributed by atoms with Gasteiger partial charge in [-0.05, 0) is 178 Å². The number of hydrogen-bond donors (Lipinski definition) is 6. The first-order valence-electron chi connectivity index (χ1n) is 45.1. The minimum absolute atomic E-state index is 0.0412. The molecule has 0 fully saturated rings. The van der Waals surface area contributed by atoms with Crippen LogP contribution in [0.25, 0.3) is 22.5 Å². The quantitative estimate of drug-likeness (QED) is 0.0117. The monoisotopic (exact) mass is 1920 g/mol. The zero-order valence-corrected chi connectivity index (χ0v) is 78.3. The molecule has 0 saturated heterocycles. The molecule has 30 nitrogen and oxygen atoms in total. The Labute approximate surface area is 791 Å². The molecule has 0 radical (unpaired) electrons. The molecule has 37 heteroatoms. The Balaban J connectivity index is 0.000000335. The molecule has 0 aliphatic heterocycles. The van der Waals surface area contributed by atoms with Gasteiger partial charge in [0, 0.05) is 116 Å². The number of carbonyl (C=O) groups excluding carboxylic acids is 4. The number of aromatic nitrogens is 2. The van der Waals surface area contributed by atoms with Crippen molar-refractivity contribution >= 4 is 56.5 Å². The lowest BCUT2D eigenvalue weighted by Gasteiger charge is -2.23. The van der Waals surface area contributed by atoms with E-state index < -0.39 is 45.4 Å².